The van der Waals surface area contributed by atoms with Crippen molar-refractivity contribution in [3.05, 3.63) is 0 Å². The topological polar surface area (TPSA) is 86.7 Å². The number of carbonyl (C=O) groups excluding carboxylic acids is 2. The molecule has 0 rings (SSSR count). The number of amides is 3. The summed E-state index contributed by atoms with van der Waals surface area (Å²) in [5, 5.41) is 10.8. The Labute approximate surface area is 120 Å². The Morgan fingerprint density at radius 1 is 1.10 bits per heavy atom. The summed E-state index contributed by atoms with van der Waals surface area (Å²) in [5.74, 6) is -0.750. The number of rotatable bonds is 8. The molecule has 116 valence electrons. The van der Waals surface area contributed by atoms with Crippen LogP contribution in [0.2, 0.25) is 0 Å². The molecule has 0 aliphatic rings. The van der Waals surface area contributed by atoms with Crippen LogP contribution in [0.15, 0.2) is 0 Å². The minimum absolute atomic E-state index is 0.0482. The molecule has 0 radical (unpaired) electrons. The zero-order valence-electron chi connectivity index (χ0n) is 12.8. The van der Waals surface area contributed by atoms with E-state index in [-0.39, 0.29) is 24.8 Å². The van der Waals surface area contributed by atoms with Gasteiger partial charge in [0.05, 0.1) is 0 Å². The summed E-state index contributed by atoms with van der Waals surface area (Å²) in [6.07, 6.45) is 2.00. The van der Waals surface area contributed by atoms with E-state index < -0.39 is 12.0 Å². The Morgan fingerprint density at radius 3 is 2.15 bits per heavy atom. The SMILES string of the molecule is CC(C)CC(C)N(C)C(=O)NC(=O)CCCCC(=O)O. The molecular weight excluding hydrogens is 260 g/mol. The molecule has 0 saturated heterocycles. The van der Waals surface area contributed by atoms with Crippen LogP contribution in [0.3, 0.4) is 0 Å². The first-order valence-electron chi connectivity index (χ1n) is 7.02. The molecule has 6 nitrogen and oxygen atoms in total. The highest BCUT2D eigenvalue weighted by atomic mass is 16.4. The van der Waals surface area contributed by atoms with Crippen LogP contribution in [-0.4, -0.2) is 41.0 Å². The van der Waals surface area contributed by atoms with Gasteiger partial charge in [0.1, 0.15) is 0 Å². The van der Waals surface area contributed by atoms with Crippen LogP contribution in [0.4, 0.5) is 4.79 Å². The molecule has 3 amide bonds. The van der Waals surface area contributed by atoms with Crippen molar-refractivity contribution in [1.82, 2.24) is 10.2 Å². The number of aliphatic carboxylic acids is 1. The number of hydrogen-bond acceptors (Lipinski definition) is 3. The van der Waals surface area contributed by atoms with E-state index in [2.05, 4.69) is 19.2 Å². The first-order chi connectivity index (χ1) is 9.23. The van der Waals surface area contributed by atoms with Crippen LogP contribution >= 0.6 is 0 Å². The summed E-state index contributed by atoms with van der Waals surface area (Å²) < 4.78 is 0. The van der Waals surface area contributed by atoms with Crippen molar-refractivity contribution in [2.75, 3.05) is 7.05 Å². The Bertz CT molecular complexity index is 342. The molecule has 0 aliphatic heterocycles. The molecule has 0 fully saturated rings. The predicted octanol–water partition coefficient (Wildman–Crippen LogP) is 2.23. The van der Waals surface area contributed by atoms with Crippen molar-refractivity contribution in [2.45, 2.75) is 58.9 Å². The molecule has 0 aromatic rings. The smallest absolute Gasteiger partial charge is 0.324 e. The van der Waals surface area contributed by atoms with E-state index in [0.29, 0.717) is 18.8 Å². The highest BCUT2D eigenvalue weighted by Crippen LogP contribution is 2.09. The molecule has 0 saturated carbocycles. The second-order valence-electron chi connectivity index (χ2n) is 5.54. The number of carboxylic acids is 1. The molecule has 0 aromatic carbocycles. The van der Waals surface area contributed by atoms with Crippen molar-refractivity contribution >= 4 is 17.9 Å². The standard InChI is InChI=1S/C14H26N2O4/c1-10(2)9-11(3)16(4)14(20)15-12(17)7-5-6-8-13(18)19/h10-11H,5-9H2,1-4H3,(H,18,19)(H,15,17,20). The highest BCUT2D eigenvalue weighted by Gasteiger charge is 2.18. The molecular formula is C14H26N2O4. The summed E-state index contributed by atoms with van der Waals surface area (Å²) in [6, 6.07) is -0.337. The number of nitrogens with one attached hydrogen (secondary N) is 1. The van der Waals surface area contributed by atoms with Gasteiger partial charge in [-0.05, 0) is 32.1 Å². The fourth-order valence-corrected chi connectivity index (χ4v) is 1.87. The monoisotopic (exact) mass is 286 g/mol. The van der Waals surface area contributed by atoms with Crippen molar-refractivity contribution in [1.29, 1.82) is 0 Å². The number of imide groups is 1. The first kappa shape index (κ1) is 18.4. The lowest BCUT2D eigenvalue weighted by Crippen LogP contribution is -2.45. The maximum Gasteiger partial charge on any atom is 0.324 e. The number of carboxylic acid groups (broad SMARTS) is 1. The fourth-order valence-electron chi connectivity index (χ4n) is 1.87. The Hall–Kier alpha value is -1.59. The van der Waals surface area contributed by atoms with Gasteiger partial charge in [-0.15, -0.1) is 0 Å². The van der Waals surface area contributed by atoms with E-state index >= 15 is 0 Å². The number of unbranched alkanes of at least 4 members (excludes halogenated alkanes) is 1. The Balaban J connectivity index is 3.99. The molecule has 0 heterocycles. The van der Waals surface area contributed by atoms with E-state index in [4.69, 9.17) is 5.11 Å². The third-order valence-corrected chi connectivity index (χ3v) is 3.08. The highest BCUT2D eigenvalue weighted by molar-refractivity contribution is 5.94. The van der Waals surface area contributed by atoms with Gasteiger partial charge in [-0.1, -0.05) is 13.8 Å². The van der Waals surface area contributed by atoms with Gasteiger partial charge in [0.25, 0.3) is 0 Å². The van der Waals surface area contributed by atoms with E-state index in [9.17, 15) is 14.4 Å². The van der Waals surface area contributed by atoms with Crippen LogP contribution < -0.4 is 5.32 Å². The van der Waals surface area contributed by atoms with Gasteiger partial charge in [-0.2, -0.15) is 0 Å². The number of carbonyl (C=O) groups is 3. The average molecular weight is 286 g/mol. The largest absolute Gasteiger partial charge is 0.481 e. The predicted molar refractivity (Wildman–Crippen MR) is 76.3 cm³/mol. The molecule has 6 heteroatoms. The molecule has 0 spiro atoms. The third kappa shape index (κ3) is 8.50. The summed E-state index contributed by atoms with van der Waals surface area (Å²) in [5.41, 5.74) is 0. The van der Waals surface area contributed by atoms with Crippen LogP contribution in [-0.2, 0) is 9.59 Å². The maximum absolute atomic E-state index is 11.8. The zero-order valence-corrected chi connectivity index (χ0v) is 12.8. The molecule has 1 unspecified atom stereocenters. The fraction of sp³-hybridized carbons (Fsp3) is 0.786. The maximum atomic E-state index is 11.8. The minimum Gasteiger partial charge on any atom is -0.481 e. The number of nitrogens with zero attached hydrogens (tertiary/aromatic N) is 1. The van der Waals surface area contributed by atoms with Gasteiger partial charge in [0.2, 0.25) is 5.91 Å². The van der Waals surface area contributed by atoms with Crippen LogP contribution in [0.1, 0.15) is 52.9 Å². The Morgan fingerprint density at radius 2 is 1.65 bits per heavy atom. The lowest BCUT2D eigenvalue weighted by Gasteiger charge is -2.26. The van der Waals surface area contributed by atoms with Crippen molar-refractivity contribution in [3.8, 4) is 0 Å². The zero-order chi connectivity index (χ0) is 15.7. The number of hydrogen-bond donors (Lipinski definition) is 2. The Kier molecular flexibility index (Phi) is 8.59. The summed E-state index contributed by atoms with van der Waals surface area (Å²) in [7, 11) is 1.67. The second-order valence-corrected chi connectivity index (χ2v) is 5.54. The van der Waals surface area contributed by atoms with Gasteiger partial charge >= 0.3 is 12.0 Å². The van der Waals surface area contributed by atoms with Gasteiger partial charge < -0.3 is 10.0 Å². The summed E-state index contributed by atoms with van der Waals surface area (Å²) >= 11 is 0. The van der Waals surface area contributed by atoms with Crippen LogP contribution in [0.5, 0.6) is 0 Å². The lowest BCUT2D eigenvalue weighted by molar-refractivity contribution is -0.137. The minimum atomic E-state index is -0.872. The van der Waals surface area contributed by atoms with Crippen LogP contribution in [0, 0.1) is 5.92 Å². The van der Waals surface area contributed by atoms with Crippen molar-refractivity contribution in [3.63, 3.8) is 0 Å². The molecule has 1 atom stereocenters. The lowest BCUT2D eigenvalue weighted by atomic mass is 10.0. The molecule has 0 bridgehead atoms. The quantitative estimate of drug-likeness (QED) is 0.670. The van der Waals surface area contributed by atoms with E-state index in [1.807, 2.05) is 6.92 Å². The van der Waals surface area contributed by atoms with Crippen LogP contribution in [0.25, 0.3) is 0 Å². The first-order valence-corrected chi connectivity index (χ1v) is 7.02. The molecule has 0 aromatic heterocycles. The van der Waals surface area contributed by atoms with Gasteiger partial charge in [0, 0.05) is 25.9 Å². The molecule has 0 aliphatic carbocycles. The van der Waals surface area contributed by atoms with Gasteiger partial charge in [-0.25, -0.2) is 4.79 Å². The second kappa shape index (κ2) is 9.34. The van der Waals surface area contributed by atoms with Crippen molar-refractivity contribution in [2.24, 2.45) is 5.92 Å². The van der Waals surface area contributed by atoms with E-state index in [0.717, 1.165) is 6.42 Å². The molecule has 20 heavy (non-hydrogen) atoms. The third-order valence-electron chi connectivity index (χ3n) is 3.08. The van der Waals surface area contributed by atoms with Crippen molar-refractivity contribution < 1.29 is 19.5 Å². The van der Waals surface area contributed by atoms with Gasteiger partial charge in [-0.3, -0.25) is 14.9 Å². The molecule has 2 N–H and O–H groups in total. The number of urea groups is 1. The summed E-state index contributed by atoms with van der Waals surface area (Å²) in [4.78, 5) is 35.2. The van der Waals surface area contributed by atoms with E-state index in [1.165, 1.54) is 4.90 Å². The van der Waals surface area contributed by atoms with E-state index in [1.54, 1.807) is 7.05 Å². The normalized spacial score (nSPS) is 12.1. The average Bonchev–Trinajstić information content (AvgIpc) is 2.32. The van der Waals surface area contributed by atoms with Gasteiger partial charge in [0.15, 0.2) is 0 Å². The summed E-state index contributed by atoms with van der Waals surface area (Å²) in [6.45, 7) is 6.10.